The van der Waals surface area contributed by atoms with E-state index < -0.39 is 0 Å². The van der Waals surface area contributed by atoms with E-state index in [0.29, 0.717) is 0 Å². The number of nitrogens with one attached hydrogen (secondary N) is 1. The lowest BCUT2D eigenvalue weighted by Gasteiger charge is -2.26. The molecule has 1 saturated heterocycles. The van der Waals surface area contributed by atoms with Crippen LogP contribution >= 0.6 is 0 Å². The minimum atomic E-state index is -0.204. The maximum atomic E-state index is 12.8. The fraction of sp³-hybridized carbons (Fsp3) is 0.400. The van der Waals surface area contributed by atoms with Gasteiger partial charge in [-0.2, -0.15) is 0 Å². The summed E-state index contributed by atoms with van der Waals surface area (Å²) in [5.41, 5.74) is 2.04. The van der Waals surface area contributed by atoms with Crippen LogP contribution in [0.2, 0.25) is 0 Å². The molecular formula is C20H25N3O2. The van der Waals surface area contributed by atoms with Gasteiger partial charge < -0.3 is 15.0 Å². The number of nitrogens with zero attached hydrogens (tertiary/aromatic N) is 2. The van der Waals surface area contributed by atoms with Gasteiger partial charge in [0.15, 0.2) is 0 Å². The van der Waals surface area contributed by atoms with Crippen molar-refractivity contribution in [2.75, 3.05) is 20.2 Å². The largest absolute Gasteiger partial charge is 0.497 e. The molecule has 0 aliphatic carbocycles. The van der Waals surface area contributed by atoms with Crippen molar-refractivity contribution in [1.29, 1.82) is 0 Å². The Kier molecular flexibility index (Phi) is 5.88. The summed E-state index contributed by atoms with van der Waals surface area (Å²) in [4.78, 5) is 18.8. The van der Waals surface area contributed by atoms with E-state index in [9.17, 15) is 4.79 Å². The standard InChI is InChI=1S/C20H25N3O2/c1-25-18-8-6-16(7-9-18)19(17-10-12-21-13-11-17)22-20(24)23-14-4-2-3-5-15-23/h6-13,19H,2-5,14-15H2,1H3,(H,22,24). The van der Waals surface area contributed by atoms with Gasteiger partial charge in [0.25, 0.3) is 0 Å². The number of benzene rings is 1. The number of likely N-dealkylation sites (tertiary alicyclic amines) is 1. The number of carbonyl (C=O) groups is 1. The highest BCUT2D eigenvalue weighted by Gasteiger charge is 2.21. The Morgan fingerprint density at radius 2 is 1.60 bits per heavy atom. The van der Waals surface area contributed by atoms with Crippen molar-refractivity contribution in [3.05, 3.63) is 59.9 Å². The first kappa shape index (κ1) is 17.3. The Bertz CT molecular complexity index is 665. The van der Waals surface area contributed by atoms with E-state index in [1.165, 1.54) is 12.8 Å². The van der Waals surface area contributed by atoms with E-state index in [2.05, 4.69) is 10.3 Å². The summed E-state index contributed by atoms with van der Waals surface area (Å²) in [6.07, 6.45) is 8.08. The SMILES string of the molecule is COc1ccc(C(NC(=O)N2CCCCCC2)c2ccncc2)cc1. The smallest absolute Gasteiger partial charge is 0.318 e. The maximum absolute atomic E-state index is 12.8. The molecule has 2 heterocycles. The molecule has 5 heteroatoms. The number of rotatable bonds is 4. The van der Waals surface area contributed by atoms with Crippen molar-refractivity contribution >= 4 is 6.03 Å². The Labute approximate surface area is 149 Å². The van der Waals surface area contributed by atoms with Crippen molar-refractivity contribution in [2.45, 2.75) is 31.7 Å². The number of aromatic nitrogens is 1. The van der Waals surface area contributed by atoms with Gasteiger partial charge in [0.2, 0.25) is 0 Å². The van der Waals surface area contributed by atoms with E-state index in [1.807, 2.05) is 41.3 Å². The fourth-order valence-electron chi connectivity index (χ4n) is 3.20. The van der Waals surface area contributed by atoms with E-state index in [0.717, 1.165) is 42.8 Å². The Balaban J connectivity index is 1.82. The number of carbonyl (C=O) groups excluding carboxylic acids is 1. The minimum absolute atomic E-state index is 0.000435. The zero-order chi connectivity index (χ0) is 17.5. The third kappa shape index (κ3) is 4.50. The van der Waals surface area contributed by atoms with Crippen molar-refractivity contribution in [2.24, 2.45) is 0 Å². The second-order valence-corrected chi connectivity index (χ2v) is 6.34. The molecule has 25 heavy (non-hydrogen) atoms. The van der Waals surface area contributed by atoms with Crippen LogP contribution in [-0.4, -0.2) is 36.1 Å². The average Bonchev–Trinajstić information content (AvgIpc) is 2.96. The molecule has 2 amide bonds. The fourth-order valence-corrected chi connectivity index (χ4v) is 3.20. The van der Waals surface area contributed by atoms with Crippen LogP contribution in [-0.2, 0) is 0 Å². The molecule has 1 aromatic heterocycles. The van der Waals surface area contributed by atoms with Crippen LogP contribution < -0.4 is 10.1 Å². The monoisotopic (exact) mass is 339 g/mol. The molecule has 5 nitrogen and oxygen atoms in total. The highest BCUT2D eigenvalue weighted by molar-refractivity contribution is 5.75. The number of hydrogen-bond acceptors (Lipinski definition) is 3. The third-order valence-corrected chi connectivity index (χ3v) is 4.65. The molecular weight excluding hydrogens is 314 g/mol. The molecule has 0 spiro atoms. The maximum Gasteiger partial charge on any atom is 0.318 e. The highest BCUT2D eigenvalue weighted by atomic mass is 16.5. The van der Waals surface area contributed by atoms with Gasteiger partial charge in [-0.3, -0.25) is 4.98 Å². The predicted molar refractivity (Wildman–Crippen MR) is 97.6 cm³/mol. The molecule has 0 radical (unpaired) electrons. The van der Waals surface area contributed by atoms with Gasteiger partial charge in [0.1, 0.15) is 5.75 Å². The van der Waals surface area contributed by atoms with Gasteiger partial charge in [-0.1, -0.05) is 25.0 Å². The average molecular weight is 339 g/mol. The summed E-state index contributed by atoms with van der Waals surface area (Å²) in [6, 6.07) is 11.5. The van der Waals surface area contributed by atoms with Crippen molar-refractivity contribution in [3.8, 4) is 5.75 Å². The molecule has 3 rings (SSSR count). The van der Waals surface area contributed by atoms with Crippen molar-refractivity contribution in [3.63, 3.8) is 0 Å². The van der Waals surface area contributed by atoms with Gasteiger partial charge in [0.05, 0.1) is 13.2 Å². The van der Waals surface area contributed by atoms with Gasteiger partial charge in [0, 0.05) is 25.5 Å². The number of pyridine rings is 1. The van der Waals surface area contributed by atoms with Crippen LogP contribution in [0.4, 0.5) is 4.79 Å². The van der Waals surface area contributed by atoms with Crippen LogP contribution in [0.1, 0.15) is 42.9 Å². The third-order valence-electron chi connectivity index (χ3n) is 4.65. The van der Waals surface area contributed by atoms with Gasteiger partial charge in [-0.25, -0.2) is 4.79 Å². The van der Waals surface area contributed by atoms with Gasteiger partial charge >= 0.3 is 6.03 Å². The lowest BCUT2D eigenvalue weighted by Crippen LogP contribution is -2.42. The zero-order valence-electron chi connectivity index (χ0n) is 14.6. The lowest BCUT2D eigenvalue weighted by atomic mass is 9.99. The Morgan fingerprint density at radius 1 is 1.00 bits per heavy atom. The quantitative estimate of drug-likeness (QED) is 0.922. The first-order valence-corrected chi connectivity index (χ1v) is 8.87. The summed E-state index contributed by atoms with van der Waals surface area (Å²) in [7, 11) is 1.65. The van der Waals surface area contributed by atoms with E-state index in [-0.39, 0.29) is 12.1 Å². The summed E-state index contributed by atoms with van der Waals surface area (Å²) in [5, 5.41) is 3.20. The number of amides is 2. The molecule has 1 unspecified atom stereocenters. The summed E-state index contributed by atoms with van der Waals surface area (Å²) in [5.74, 6) is 0.802. The molecule has 1 N–H and O–H groups in total. The molecule has 1 atom stereocenters. The van der Waals surface area contributed by atoms with Crippen molar-refractivity contribution in [1.82, 2.24) is 15.2 Å². The Morgan fingerprint density at radius 3 is 2.20 bits per heavy atom. The van der Waals surface area contributed by atoms with E-state index in [1.54, 1.807) is 19.5 Å². The van der Waals surface area contributed by atoms with Crippen LogP contribution in [0.25, 0.3) is 0 Å². The lowest BCUT2D eigenvalue weighted by molar-refractivity contribution is 0.197. The number of ether oxygens (including phenoxy) is 1. The molecule has 1 aromatic carbocycles. The van der Waals surface area contributed by atoms with Crippen molar-refractivity contribution < 1.29 is 9.53 Å². The number of urea groups is 1. The topological polar surface area (TPSA) is 54.5 Å². The Hall–Kier alpha value is -2.56. The molecule has 1 aliphatic rings. The number of methoxy groups -OCH3 is 1. The second-order valence-electron chi connectivity index (χ2n) is 6.34. The zero-order valence-corrected chi connectivity index (χ0v) is 14.6. The van der Waals surface area contributed by atoms with Crippen LogP contribution in [0.15, 0.2) is 48.8 Å². The molecule has 1 fully saturated rings. The van der Waals surface area contributed by atoms with Gasteiger partial charge in [-0.05, 0) is 48.2 Å². The van der Waals surface area contributed by atoms with Crippen LogP contribution in [0, 0.1) is 0 Å². The summed E-state index contributed by atoms with van der Waals surface area (Å²) in [6.45, 7) is 1.66. The normalized spacial score (nSPS) is 16.0. The molecule has 0 bridgehead atoms. The molecule has 2 aromatic rings. The predicted octanol–water partition coefficient (Wildman–Crippen LogP) is 3.77. The second kappa shape index (κ2) is 8.51. The molecule has 0 saturated carbocycles. The van der Waals surface area contributed by atoms with Gasteiger partial charge in [-0.15, -0.1) is 0 Å². The molecule has 1 aliphatic heterocycles. The first-order valence-electron chi connectivity index (χ1n) is 8.87. The first-order chi connectivity index (χ1) is 12.3. The highest BCUT2D eigenvalue weighted by Crippen LogP contribution is 2.24. The molecule has 132 valence electrons. The minimum Gasteiger partial charge on any atom is -0.497 e. The van der Waals surface area contributed by atoms with Crippen LogP contribution in [0.3, 0.4) is 0 Å². The van der Waals surface area contributed by atoms with Crippen LogP contribution in [0.5, 0.6) is 5.75 Å². The summed E-state index contributed by atoms with van der Waals surface area (Å²) >= 11 is 0. The number of hydrogen-bond donors (Lipinski definition) is 1. The van der Waals surface area contributed by atoms with E-state index in [4.69, 9.17) is 4.74 Å². The summed E-state index contributed by atoms with van der Waals surface area (Å²) < 4.78 is 5.24. The van der Waals surface area contributed by atoms with E-state index >= 15 is 0 Å².